The molecular formula is C32H53FO2Si. The lowest BCUT2D eigenvalue weighted by atomic mass is 9.85. The Labute approximate surface area is 223 Å². The molecule has 0 aromatic rings. The van der Waals surface area contributed by atoms with Crippen molar-refractivity contribution in [3.05, 3.63) is 34.7 Å². The van der Waals surface area contributed by atoms with E-state index in [-0.39, 0.29) is 22.8 Å². The SMILES string of the molecule is CC(=O)CCC(=O)CCC/C(C)=C/CC/C(F)=C(\C)CC/C(C)=C\CC(C)(C)CC#CC[Si](C)(C)C. The fourth-order valence-electron chi connectivity index (χ4n) is 3.54. The molecule has 0 atom stereocenters. The van der Waals surface area contributed by atoms with Crippen molar-refractivity contribution < 1.29 is 14.0 Å². The standard InChI is InChI=1S/C32H53FO2Si/c1-26(14-12-16-30(35)21-20-29(4)34)15-13-17-31(33)28(3)19-18-27(2)22-24-32(5,6)23-10-11-25-36(7,8)9/h15,22H,12-14,16-21,23-25H2,1-9H3/b26-15+,27-22-,31-28-. The van der Waals surface area contributed by atoms with Crippen LogP contribution in [-0.2, 0) is 9.59 Å². The maximum absolute atomic E-state index is 14.6. The summed E-state index contributed by atoms with van der Waals surface area (Å²) in [7, 11) is -1.09. The second-order valence-corrected chi connectivity index (χ2v) is 18.0. The van der Waals surface area contributed by atoms with Crippen molar-refractivity contribution in [1.82, 2.24) is 0 Å². The van der Waals surface area contributed by atoms with Crippen molar-refractivity contribution in [3.63, 3.8) is 0 Å². The Bertz CT molecular complexity index is 857. The van der Waals surface area contributed by atoms with Gasteiger partial charge in [0.1, 0.15) is 11.6 Å². The maximum atomic E-state index is 14.6. The lowest BCUT2D eigenvalue weighted by Crippen LogP contribution is -2.17. The molecule has 0 N–H and O–H groups in total. The first-order valence-corrected chi connectivity index (χ1v) is 17.4. The van der Waals surface area contributed by atoms with E-state index >= 15 is 0 Å². The summed E-state index contributed by atoms with van der Waals surface area (Å²) in [6.07, 6.45) is 11.9. The average molecular weight is 517 g/mol. The summed E-state index contributed by atoms with van der Waals surface area (Å²) in [6, 6.07) is 1.06. The molecule has 0 radical (unpaired) electrons. The van der Waals surface area contributed by atoms with Crippen LogP contribution < -0.4 is 0 Å². The normalized spacial score (nSPS) is 13.7. The van der Waals surface area contributed by atoms with E-state index in [1.807, 2.05) is 13.8 Å². The van der Waals surface area contributed by atoms with Crippen LogP contribution in [0.25, 0.3) is 0 Å². The highest BCUT2D eigenvalue weighted by molar-refractivity contribution is 6.76. The zero-order valence-corrected chi connectivity index (χ0v) is 25.8. The van der Waals surface area contributed by atoms with Gasteiger partial charge in [0.05, 0.1) is 13.9 Å². The lowest BCUT2D eigenvalue weighted by Gasteiger charge is -2.20. The number of rotatable bonds is 17. The quantitative estimate of drug-likeness (QED) is 0.109. The Balaban J connectivity index is 4.41. The first-order valence-electron chi connectivity index (χ1n) is 13.7. The molecule has 0 aliphatic heterocycles. The second kappa shape index (κ2) is 17.7. The Hall–Kier alpha value is -1.73. The average Bonchev–Trinajstić information content (AvgIpc) is 2.77. The summed E-state index contributed by atoms with van der Waals surface area (Å²) in [4.78, 5) is 22.7. The number of allylic oxidation sites excluding steroid dienone is 6. The minimum Gasteiger partial charge on any atom is -0.300 e. The summed E-state index contributed by atoms with van der Waals surface area (Å²) in [5, 5.41) is 0. The van der Waals surface area contributed by atoms with Gasteiger partial charge >= 0.3 is 0 Å². The van der Waals surface area contributed by atoms with E-state index < -0.39 is 8.07 Å². The van der Waals surface area contributed by atoms with Crippen LogP contribution in [0.15, 0.2) is 34.7 Å². The highest BCUT2D eigenvalue weighted by Gasteiger charge is 2.15. The van der Waals surface area contributed by atoms with Crippen LogP contribution in [-0.4, -0.2) is 19.6 Å². The Morgan fingerprint density at radius 1 is 0.806 bits per heavy atom. The zero-order valence-electron chi connectivity index (χ0n) is 24.8. The topological polar surface area (TPSA) is 34.1 Å². The molecule has 36 heavy (non-hydrogen) atoms. The van der Waals surface area contributed by atoms with E-state index in [1.54, 1.807) is 0 Å². The minimum absolute atomic E-state index is 0.00395. The van der Waals surface area contributed by atoms with Crippen LogP contribution in [0, 0.1) is 17.3 Å². The van der Waals surface area contributed by atoms with Gasteiger partial charge in [0, 0.05) is 38.1 Å². The van der Waals surface area contributed by atoms with E-state index in [9.17, 15) is 14.0 Å². The molecule has 0 saturated heterocycles. The lowest BCUT2D eigenvalue weighted by molar-refractivity contribution is -0.123. The maximum Gasteiger partial charge on any atom is 0.133 e. The van der Waals surface area contributed by atoms with Gasteiger partial charge in [-0.05, 0) is 77.2 Å². The summed E-state index contributed by atoms with van der Waals surface area (Å²) >= 11 is 0. The van der Waals surface area contributed by atoms with Crippen molar-refractivity contribution in [3.8, 4) is 11.8 Å². The first-order chi connectivity index (χ1) is 16.6. The molecule has 0 rings (SSSR count). The van der Waals surface area contributed by atoms with E-state index in [4.69, 9.17) is 0 Å². The van der Waals surface area contributed by atoms with Crippen LogP contribution in [0.5, 0.6) is 0 Å². The fourth-order valence-corrected chi connectivity index (χ4v) is 4.20. The third kappa shape index (κ3) is 20.5. The monoisotopic (exact) mass is 516 g/mol. The summed E-state index contributed by atoms with van der Waals surface area (Å²) in [6.45, 7) is 19.2. The summed E-state index contributed by atoms with van der Waals surface area (Å²) < 4.78 is 14.6. The zero-order chi connectivity index (χ0) is 27.8. The number of hydrogen-bond acceptors (Lipinski definition) is 2. The van der Waals surface area contributed by atoms with Gasteiger partial charge in [0.15, 0.2) is 0 Å². The molecule has 4 heteroatoms. The number of halogens is 1. The molecule has 0 aliphatic carbocycles. The predicted molar refractivity (Wildman–Crippen MR) is 158 cm³/mol. The van der Waals surface area contributed by atoms with Crippen LogP contribution in [0.3, 0.4) is 0 Å². The van der Waals surface area contributed by atoms with Crippen molar-refractivity contribution >= 4 is 19.6 Å². The highest BCUT2D eigenvalue weighted by Crippen LogP contribution is 2.27. The number of Topliss-reactive ketones (excluding diaryl/α,β-unsaturated/α-hetero) is 2. The number of carbonyl (C=O) groups is 2. The van der Waals surface area contributed by atoms with Gasteiger partial charge in [-0.2, -0.15) is 0 Å². The second-order valence-electron chi connectivity index (χ2n) is 12.6. The number of ketones is 2. The number of hydrogen-bond donors (Lipinski definition) is 0. The largest absolute Gasteiger partial charge is 0.300 e. The third-order valence-electron chi connectivity index (χ3n) is 6.31. The van der Waals surface area contributed by atoms with Crippen LogP contribution in [0.1, 0.15) is 112 Å². The van der Waals surface area contributed by atoms with Crippen LogP contribution in [0.2, 0.25) is 25.7 Å². The van der Waals surface area contributed by atoms with E-state index in [2.05, 4.69) is 64.4 Å². The molecular weight excluding hydrogens is 463 g/mol. The third-order valence-corrected chi connectivity index (χ3v) is 7.55. The molecule has 0 bridgehead atoms. The Morgan fingerprint density at radius 3 is 2.06 bits per heavy atom. The molecule has 0 amide bonds. The van der Waals surface area contributed by atoms with Gasteiger partial charge in [0.25, 0.3) is 0 Å². The van der Waals surface area contributed by atoms with Gasteiger partial charge < -0.3 is 4.79 Å². The van der Waals surface area contributed by atoms with Crippen molar-refractivity contribution in [1.29, 1.82) is 0 Å². The molecule has 0 spiro atoms. The molecule has 0 heterocycles. The Morgan fingerprint density at radius 2 is 1.44 bits per heavy atom. The van der Waals surface area contributed by atoms with E-state index in [0.29, 0.717) is 32.1 Å². The molecule has 2 nitrogen and oxygen atoms in total. The van der Waals surface area contributed by atoms with Gasteiger partial charge in [-0.25, -0.2) is 4.39 Å². The fraction of sp³-hybridized carbons (Fsp3) is 0.688. The van der Waals surface area contributed by atoms with Gasteiger partial charge in [-0.3, -0.25) is 4.79 Å². The molecule has 204 valence electrons. The molecule has 0 saturated carbocycles. The van der Waals surface area contributed by atoms with Crippen molar-refractivity contribution in [2.24, 2.45) is 5.41 Å². The van der Waals surface area contributed by atoms with Crippen LogP contribution >= 0.6 is 0 Å². The summed E-state index contributed by atoms with van der Waals surface area (Å²) in [5.41, 5.74) is 3.53. The Kier molecular flexibility index (Phi) is 16.8. The van der Waals surface area contributed by atoms with Gasteiger partial charge in [-0.15, -0.1) is 11.8 Å². The van der Waals surface area contributed by atoms with Crippen molar-refractivity contribution in [2.75, 3.05) is 0 Å². The molecule has 0 fully saturated rings. The minimum atomic E-state index is -1.09. The first kappa shape index (κ1) is 34.3. The molecule has 0 unspecified atom stereocenters. The molecule has 0 aromatic heterocycles. The van der Waals surface area contributed by atoms with Crippen LogP contribution in [0.4, 0.5) is 4.39 Å². The summed E-state index contributed by atoms with van der Waals surface area (Å²) in [5.74, 6) is 7.00. The van der Waals surface area contributed by atoms with Crippen molar-refractivity contribution in [2.45, 2.75) is 138 Å². The number of carbonyl (C=O) groups excluding carboxylic acids is 2. The smallest absolute Gasteiger partial charge is 0.133 e. The van der Waals surface area contributed by atoms with E-state index in [1.165, 1.54) is 18.1 Å². The predicted octanol–water partition coefficient (Wildman–Crippen LogP) is 9.94. The van der Waals surface area contributed by atoms with Gasteiger partial charge in [0.2, 0.25) is 0 Å². The highest BCUT2D eigenvalue weighted by atomic mass is 28.3. The molecule has 0 aromatic carbocycles. The van der Waals surface area contributed by atoms with E-state index in [0.717, 1.165) is 50.1 Å². The molecule has 0 aliphatic rings. The van der Waals surface area contributed by atoms with Gasteiger partial charge in [-0.1, -0.05) is 56.8 Å².